The van der Waals surface area contributed by atoms with Crippen LogP contribution in [-0.2, 0) is 12.8 Å². The molecule has 1 heterocycles. The van der Waals surface area contributed by atoms with E-state index < -0.39 is 0 Å². The Hall–Kier alpha value is -1.77. The minimum absolute atomic E-state index is 0.700. The van der Waals surface area contributed by atoms with Gasteiger partial charge in [0, 0.05) is 11.3 Å². The lowest BCUT2D eigenvalue weighted by atomic mass is 10.2. The standard InChI is InChI=1S/C12H13N3/c13-12-10-7-4-8-11(10)15(14-12)9-5-2-1-3-6-9/h1-3,5-6H,4,7-8H2,(H2,13,14). The third kappa shape index (κ3) is 1.23. The van der Waals surface area contributed by atoms with Gasteiger partial charge in [-0.15, -0.1) is 0 Å². The predicted octanol–water partition coefficient (Wildman–Crippen LogP) is 1.94. The molecule has 0 radical (unpaired) electrons. The zero-order chi connectivity index (χ0) is 10.3. The van der Waals surface area contributed by atoms with E-state index in [-0.39, 0.29) is 0 Å². The molecule has 0 saturated heterocycles. The molecular weight excluding hydrogens is 186 g/mol. The monoisotopic (exact) mass is 199 g/mol. The second-order valence-corrected chi connectivity index (χ2v) is 3.91. The van der Waals surface area contributed by atoms with Gasteiger partial charge >= 0.3 is 0 Å². The molecule has 0 bridgehead atoms. The van der Waals surface area contributed by atoms with E-state index in [1.807, 2.05) is 22.9 Å². The second kappa shape index (κ2) is 3.12. The van der Waals surface area contributed by atoms with Crippen LogP contribution in [0.15, 0.2) is 30.3 Å². The Morgan fingerprint density at radius 3 is 2.73 bits per heavy atom. The number of nitrogens with zero attached hydrogens (tertiary/aromatic N) is 2. The van der Waals surface area contributed by atoms with Crippen molar-refractivity contribution in [2.75, 3.05) is 5.73 Å². The van der Waals surface area contributed by atoms with E-state index in [1.54, 1.807) is 0 Å². The fourth-order valence-corrected chi connectivity index (χ4v) is 2.25. The average Bonchev–Trinajstić information content (AvgIpc) is 2.84. The lowest BCUT2D eigenvalue weighted by Gasteiger charge is -2.04. The predicted molar refractivity (Wildman–Crippen MR) is 60.0 cm³/mol. The number of hydrogen-bond acceptors (Lipinski definition) is 2. The molecule has 2 N–H and O–H groups in total. The van der Waals surface area contributed by atoms with Crippen molar-refractivity contribution in [3.8, 4) is 5.69 Å². The Morgan fingerprint density at radius 1 is 1.13 bits per heavy atom. The van der Waals surface area contributed by atoms with Gasteiger partial charge in [-0.1, -0.05) is 18.2 Å². The lowest BCUT2D eigenvalue weighted by molar-refractivity contribution is 0.788. The zero-order valence-corrected chi connectivity index (χ0v) is 8.48. The molecule has 3 rings (SSSR count). The molecule has 2 aromatic rings. The van der Waals surface area contributed by atoms with Gasteiger partial charge in [-0.3, -0.25) is 0 Å². The molecule has 3 heteroatoms. The van der Waals surface area contributed by atoms with Crippen LogP contribution in [0.3, 0.4) is 0 Å². The molecule has 1 aromatic heterocycles. The summed E-state index contributed by atoms with van der Waals surface area (Å²) in [6.07, 6.45) is 3.37. The first-order chi connectivity index (χ1) is 7.36. The molecule has 1 aliphatic carbocycles. The Morgan fingerprint density at radius 2 is 1.93 bits per heavy atom. The van der Waals surface area contributed by atoms with Crippen LogP contribution in [0.2, 0.25) is 0 Å². The number of fused-ring (bicyclic) bond motifs is 1. The van der Waals surface area contributed by atoms with Gasteiger partial charge in [-0.05, 0) is 31.4 Å². The van der Waals surface area contributed by atoms with Gasteiger partial charge in [0.05, 0.1) is 5.69 Å². The maximum atomic E-state index is 5.90. The van der Waals surface area contributed by atoms with Crippen molar-refractivity contribution in [3.05, 3.63) is 41.6 Å². The fourth-order valence-electron chi connectivity index (χ4n) is 2.25. The van der Waals surface area contributed by atoms with Gasteiger partial charge in [0.2, 0.25) is 0 Å². The highest BCUT2D eigenvalue weighted by Crippen LogP contribution is 2.28. The average molecular weight is 199 g/mol. The van der Waals surface area contributed by atoms with E-state index in [0.717, 1.165) is 18.5 Å². The third-order valence-electron chi connectivity index (χ3n) is 2.96. The van der Waals surface area contributed by atoms with Gasteiger partial charge in [0.15, 0.2) is 0 Å². The summed E-state index contributed by atoms with van der Waals surface area (Å²) >= 11 is 0. The number of nitrogens with two attached hydrogens (primary N) is 1. The molecule has 0 fully saturated rings. The highest BCUT2D eigenvalue weighted by Gasteiger charge is 2.21. The summed E-state index contributed by atoms with van der Waals surface area (Å²) in [6, 6.07) is 10.2. The summed E-state index contributed by atoms with van der Waals surface area (Å²) in [5.74, 6) is 0.700. The van der Waals surface area contributed by atoms with E-state index in [2.05, 4.69) is 17.2 Å². The molecule has 0 atom stereocenters. The quantitative estimate of drug-likeness (QED) is 0.762. The Labute approximate surface area is 88.5 Å². The number of rotatable bonds is 1. The molecule has 0 spiro atoms. The van der Waals surface area contributed by atoms with Crippen LogP contribution in [0.1, 0.15) is 17.7 Å². The molecular formula is C12H13N3. The summed E-state index contributed by atoms with van der Waals surface area (Å²) in [7, 11) is 0. The number of aromatic nitrogens is 2. The van der Waals surface area contributed by atoms with Crippen LogP contribution in [0.5, 0.6) is 0 Å². The van der Waals surface area contributed by atoms with Crippen molar-refractivity contribution >= 4 is 5.82 Å². The van der Waals surface area contributed by atoms with E-state index >= 15 is 0 Å². The molecule has 0 saturated carbocycles. The first kappa shape index (κ1) is 8.53. The minimum Gasteiger partial charge on any atom is -0.382 e. The summed E-state index contributed by atoms with van der Waals surface area (Å²) in [5.41, 5.74) is 9.54. The zero-order valence-electron chi connectivity index (χ0n) is 8.48. The van der Waals surface area contributed by atoms with Crippen molar-refractivity contribution in [3.63, 3.8) is 0 Å². The minimum atomic E-state index is 0.700. The van der Waals surface area contributed by atoms with Crippen molar-refractivity contribution in [2.45, 2.75) is 19.3 Å². The smallest absolute Gasteiger partial charge is 0.149 e. The van der Waals surface area contributed by atoms with E-state index in [9.17, 15) is 0 Å². The molecule has 1 aliphatic rings. The van der Waals surface area contributed by atoms with E-state index in [0.29, 0.717) is 5.82 Å². The van der Waals surface area contributed by atoms with Crippen LogP contribution in [0, 0.1) is 0 Å². The first-order valence-electron chi connectivity index (χ1n) is 5.28. The lowest BCUT2D eigenvalue weighted by Crippen LogP contribution is -2.01. The molecule has 0 unspecified atom stereocenters. The number of benzene rings is 1. The molecule has 0 aliphatic heterocycles. The maximum Gasteiger partial charge on any atom is 0.149 e. The summed E-state index contributed by atoms with van der Waals surface area (Å²) in [6.45, 7) is 0. The molecule has 3 nitrogen and oxygen atoms in total. The highest BCUT2D eigenvalue weighted by molar-refractivity contribution is 5.49. The number of anilines is 1. The normalized spacial score (nSPS) is 14.1. The van der Waals surface area contributed by atoms with E-state index in [1.165, 1.54) is 17.7 Å². The van der Waals surface area contributed by atoms with Gasteiger partial charge < -0.3 is 5.73 Å². The van der Waals surface area contributed by atoms with Crippen LogP contribution in [-0.4, -0.2) is 9.78 Å². The Kier molecular flexibility index (Phi) is 1.78. The third-order valence-corrected chi connectivity index (χ3v) is 2.96. The van der Waals surface area contributed by atoms with Crippen LogP contribution < -0.4 is 5.73 Å². The van der Waals surface area contributed by atoms with Crippen molar-refractivity contribution in [1.82, 2.24) is 9.78 Å². The number of para-hydroxylation sites is 1. The first-order valence-corrected chi connectivity index (χ1v) is 5.28. The maximum absolute atomic E-state index is 5.90. The van der Waals surface area contributed by atoms with Crippen molar-refractivity contribution < 1.29 is 0 Å². The summed E-state index contributed by atoms with van der Waals surface area (Å²) in [5, 5.41) is 4.40. The van der Waals surface area contributed by atoms with Gasteiger partial charge in [-0.2, -0.15) is 5.10 Å². The summed E-state index contributed by atoms with van der Waals surface area (Å²) < 4.78 is 1.98. The Balaban J connectivity index is 2.18. The van der Waals surface area contributed by atoms with Crippen molar-refractivity contribution in [2.24, 2.45) is 0 Å². The SMILES string of the molecule is Nc1nn(-c2ccccc2)c2c1CCC2. The fraction of sp³-hybridized carbons (Fsp3) is 0.250. The van der Waals surface area contributed by atoms with Gasteiger partial charge in [-0.25, -0.2) is 4.68 Å². The molecule has 76 valence electrons. The topological polar surface area (TPSA) is 43.8 Å². The molecule has 0 amide bonds. The van der Waals surface area contributed by atoms with E-state index in [4.69, 9.17) is 5.73 Å². The number of hydrogen-bond donors (Lipinski definition) is 1. The van der Waals surface area contributed by atoms with Gasteiger partial charge in [0.1, 0.15) is 5.82 Å². The van der Waals surface area contributed by atoms with Crippen LogP contribution in [0.25, 0.3) is 5.69 Å². The second-order valence-electron chi connectivity index (χ2n) is 3.91. The van der Waals surface area contributed by atoms with Gasteiger partial charge in [0.25, 0.3) is 0 Å². The van der Waals surface area contributed by atoms with Crippen LogP contribution >= 0.6 is 0 Å². The number of nitrogen functional groups attached to an aromatic ring is 1. The largest absolute Gasteiger partial charge is 0.382 e. The molecule has 15 heavy (non-hydrogen) atoms. The Bertz CT molecular complexity index is 485. The molecule has 1 aromatic carbocycles. The highest BCUT2D eigenvalue weighted by atomic mass is 15.3. The summed E-state index contributed by atoms with van der Waals surface area (Å²) in [4.78, 5) is 0. The van der Waals surface area contributed by atoms with Crippen LogP contribution in [0.4, 0.5) is 5.82 Å². The van der Waals surface area contributed by atoms with Crippen molar-refractivity contribution in [1.29, 1.82) is 0 Å².